The number of thiocarbonyl (C=S) groups is 1. The number of carbonyl (C=O) groups is 1. The Balaban J connectivity index is 2.10. The van der Waals surface area contributed by atoms with Gasteiger partial charge in [0.25, 0.3) is 0 Å². The maximum absolute atomic E-state index is 12.5. The van der Waals surface area contributed by atoms with E-state index in [1.54, 1.807) is 12.0 Å². The molecule has 0 saturated carbocycles. The minimum Gasteiger partial charge on any atom is -0.493 e. The molecule has 4 nitrogen and oxygen atoms in total. The molecule has 1 amide bonds. The Morgan fingerprint density at radius 3 is 2.70 bits per heavy atom. The van der Waals surface area contributed by atoms with E-state index < -0.39 is 0 Å². The minimum atomic E-state index is -0.149. The molecule has 1 heterocycles. The van der Waals surface area contributed by atoms with Crippen LogP contribution in [0.15, 0.2) is 18.2 Å². The van der Waals surface area contributed by atoms with E-state index >= 15 is 0 Å². The Morgan fingerprint density at radius 2 is 2.09 bits per heavy atom. The molecule has 1 aliphatic heterocycles. The van der Waals surface area contributed by atoms with Crippen molar-refractivity contribution >= 4 is 34.2 Å². The molecule has 2 rings (SSSR count). The second-order valence-corrected chi connectivity index (χ2v) is 7.67. The molecule has 1 aromatic carbocycles. The van der Waals surface area contributed by atoms with Crippen molar-refractivity contribution in [3.8, 4) is 11.5 Å². The van der Waals surface area contributed by atoms with Crippen molar-refractivity contribution in [3.05, 3.63) is 23.8 Å². The minimum absolute atomic E-state index is 0.113. The number of rotatable bonds is 7. The molecule has 0 unspecified atom stereocenters. The summed E-state index contributed by atoms with van der Waals surface area (Å²) in [6, 6.07) is 5.81. The van der Waals surface area contributed by atoms with E-state index in [1.165, 1.54) is 11.8 Å². The van der Waals surface area contributed by atoms with E-state index in [9.17, 15) is 4.79 Å². The van der Waals surface area contributed by atoms with Gasteiger partial charge in [0, 0.05) is 6.54 Å². The van der Waals surface area contributed by atoms with Crippen LogP contribution < -0.4 is 9.47 Å². The molecule has 1 aromatic rings. The highest BCUT2D eigenvalue weighted by atomic mass is 32.2. The zero-order valence-corrected chi connectivity index (χ0v) is 15.6. The Kier molecular flexibility index (Phi) is 6.30. The number of benzene rings is 1. The average Bonchev–Trinajstić information content (AvgIpc) is 2.76. The molecule has 0 aromatic heterocycles. The number of hydrogen-bond donors (Lipinski definition) is 0. The highest BCUT2D eigenvalue weighted by molar-refractivity contribution is 8.24. The van der Waals surface area contributed by atoms with Gasteiger partial charge in [0.2, 0.25) is 5.91 Å². The van der Waals surface area contributed by atoms with Crippen molar-refractivity contribution in [2.45, 2.75) is 32.4 Å². The molecule has 1 atom stereocenters. The Bertz CT molecular complexity index is 589. The van der Waals surface area contributed by atoms with Gasteiger partial charge in [0.1, 0.15) is 4.32 Å². The lowest BCUT2D eigenvalue weighted by Crippen LogP contribution is -2.34. The molecule has 0 bridgehead atoms. The molecular weight excluding hydrogens is 330 g/mol. The first-order valence-electron chi connectivity index (χ1n) is 7.78. The highest BCUT2D eigenvalue weighted by Crippen LogP contribution is 2.33. The molecule has 126 valence electrons. The summed E-state index contributed by atoms with van der Waals surface area (Å²) >= 11 is 6.84. The standard InChI is InChI=1S/C17H23NO3S2/c1-5-21-13-7-6-12(8-14(13)20-4)9-15-16(19)18(10-11(2)3)17(22)23-15/h6-8,11,15H,5,9-10H2,1-4H3/t15-/m1/s1. The van der Waals surface area contributed by atoms with Crippen LogP contribution in [0.3, 0.4) is 0 Å². The van der Waals surface area contributed by atoms with Gasteiger partial charge < -0.3 is 9.47 Å². The summed E-state index contributed by atoms with van der Waals surface area (Å²) in [6.45, 7) is 7.39. The first kappa shape index (κ1) is 18.1. The summed E-state index contributed by atoms with van der Waals surface area (Å²) in [6.07, 6.45) is 0.640. The Morgan fingerprint density at radius 1 is 1.35 bits per heavy atom. The van der Waals surface area contributed by atoms with Gasteiger partial charge in [-0.05, 0) is 37.0 Å². The maximum atomic E-state index is 12.5. The number of nitrogens with zero attached hydrogens (tertiary/aromatic N) is 1. The molecule has 0 spiro atoms. The Labute approximate surface area is 147 Å². The second kappa shape index (κ2) is 8.02. The van der Waals surface area contributed by atoms with E-state index in [2.05, 4.69) is 13.8 Å². The highest BCUT2D eigenvalue weighted by Gasteiger charge is 2.36. The summed E-state index contributed by atoms with van der Waals surface area (Å²) in [5, 5.41) is -0.149. The number of ether oxygens (including phenoxy) is 2. The lowest BCUT2D eigenvalue weighted by Gasteiger charge is -2.18. The van der Waals surface area contributed by atoms with Gasteiger partial charge in [-0.3, -0.25) is 9.69 Å². The van der Waals surface area contributed by atoms with Crippen molar-refractivity contribution in [1.29, 1.82) is 0 Å². The predicted molar refractivity (Wildman–Crippen MR) is 98.4 cm³/mol. The Hall–Kier alpha value is -1.27. The fraction of sp³-hybridized carbons (Fsp3) is 0.529. The topological polar surface area (TPSA) is 38.8 Å². The van der Waals surface area contributed by atoms with Crippen LogP contribution in [0.1, 0.15) is 26.3 Å². The van der Waals surface area contributed by atoms with Gasteiger partial charge >= 0.3 is 0 Å². The summed E-state index contributed by atoms with van der Waals surface area (Å²) in [7, 11) is 1.62. The van der Waals surface area contributed by atoms with Crippen LogP contribution in [-0.2, 0) is 11.2 Å². The third kappa shape index (κ3) is 4.38. The van der Waals surface area contributed by atoms with E-state index in [4.69, 9.17) is 21.7 Å². The van der Waals surface area contributed by atoms with Gasteiger partial charge in [0.05, 0.1) is 19.0 Å². The lowest BCUT2D eigenvalue weighted by atomic mass is 10.1. The second-order valence-electron chi connectivity index (χ2n) is 5.84. The van der Waals surface area contributed by atoms with Crippen LogP contribution in [-0.4, -0.2) is 40.6 Å². The molecule has 1 saturated heterocycles. The largest absolute Gasteiger partial charge is 0.493 e. The SMILES string of the molecule is CCOc1ccc(C[C@H]2SC(=S)N(CC(C)C)C2=O)cc1OC. The number of methoxy groups -OCH3 is 1. The maximum Gasteiger partial charge on any atom is 0.241 e. The van der Waals surface area contributed by atoms with Crippen LogP contribution >= 0.6 is 24.0 Å². The molecule has 0 aliphatic carbocycles. The zero-order valence-electron chi connectivity index (χ0n) is 14.0. The molecule has 0 N–H and O–H groups in total. The molecule has 1 aliphatic rings. The summed E-state index contributed by atoms with van der Waals surface area (Å²) in [5.74, 6) is 1.94. The first-order chi connectivity index (χ1) is 11.0. The van der Waals surface area contributed by atoms with Gasteiger partial charge in [-0.25, -0.2) is 0 Å². The third-order valence-corrected chi connectivity index (χ3v) is 5.09. The zero-order chi connectivity index (χ0) is 17.0. The fourth-order valence-electron chi connectivity index (χ4n) is 2.49. The quantitative estimate of drug-likeness (QED) is 0.701. The van der Waals surface area contributed by atoms with Crippen LogP contribution in [0.25, 0.3) is 0 Å². The van der Waals surface area contributed by atoms with Crippen molar-refractivity contribution in [3.63, 3.8) is 0 Å². The van der Waals surface area contributed by atoms with E-state index in [-0.39, 0.29) is 11.2 Å². The molecule has 6 heteroatoms. The van der Waals surface area contributed by atoms with Crippen molar-refractivity contribution in [2.24, 2.45) is 5.92 Å². The predicted octanol–water partition coefficient (Wildman–Crippen LogP) is 3.52. The van der Waals surface area contributed by atoms with Crippen molar-refractivity contribution in [2.75, 3.05) is 20.3 Å². The van der Waals surface area contributed by atoms with Crippen LogP contribution in [0.4, 0.5) is 0 Å². The van der Waals surface area contributed by atoms with Gasteiger partial charge in [-0.2, -0.15) is 0 Å². The molecular formula is C17H23NO3S2. The van der Waals surface area contributed by atoms with Crippen molar-refractivity contribution < 1.29 is 14.3 Å². The van der Waals surface area contributed by atoms with Crippen LogP contribution in [0.2, 0.25) is 0 Å². The molecule has 23 heavy (non-hydrogen) atoms. The van der Waals surface area contributed by atoms with E-state index in [0.29, 0.717) is 35.6 Å². The van der Waals surface area contributed by atoms with Crippen molar-refractivity contribution in [1.82, 2.24) is 4.90 Å². The third-order valence-electron chi connectivity index (χ3n) is 3.50. The number of carbonyl (C=O) groups excluding carboxylic acids is 1. The number of thioether (sulfide) groups is 1. The van der Waals surface area contributed by atoms with Gasteiger partial charge in [-0.15, -0.1) is 0 Å². The summed E-state index contributed by atoms with van der Waals surface area (Å²) in [5.41, 5.74) is 1.05. The smallest absolute Gasteiger partial charge is 0.241 e. The normalized spacial score (nSPS) is 18.0. The summed E-state index contributed by atoms with van der Waals surface area (Å²) < 4.78 is 11.6. The number of hydrogen-bond acceptors (Lipinski definition) is 5. The van der Waals surface area contributed by atoms with Crippen LogP contribution in [0.5, 0.6) is 11.5 Å². The summed E-state index contributed by atoms with van der Waals surface area (Å²) in [4.78, 5) is 14.3. The van der Waals surface area contributed by atoms with Crippen LogP contribution in [0, 0.1) is 5.92 Å². The fourth-order valence-corrected chi connectivity index (χ4v) is 4.04. The monoisotopic (exact) mass is 353 g/mol. The first-order valence-corrected chi connectivity index (χ1v) is 9.06. The average molecular weight is 354 g/mol. The van der Waals surface area contributed by atoms with E-state index in [1.807, 2.05) is 25.1 Å². The number of amides is 1. The van der Waals surface area contributed by atoms with Gasteiger partial charge in [0.15, 0.2) is 11.5 Å². The molecule has 1 fully saturated rings. The molecule has 0 radical (unpaired) electrons. The van der Waals surface area contributed by atoms with E-state index in [0.717, 1.165) is 11.3 Å². The lowest BCUT2D eigenvalue weighted by molar-refractivity contribution is -0.126. The van der Waals surface area contributed by atoms with Gasteiger partial charge in [-0.1, -0.05) is 43.9 Å².